The first-order valence-electron chi connectivity index (χ1n) is 8.28. The molecule has 1 nitrogen and oxygen atoms in total. The SMILES string of the molecule is CCc1[c-]cc(F)c(OCc2ccccc2)c1.F[B-](F)(F)F.F[B-](F)(F)F.F[B-](F)(F)F.[K+]. The van der Waals surface area contributed by atoms with Crippen molar-refractivity contribution in [1.29, 1.82) is 0 Å². The van der Waals surface area contributed by atoms with Crippen LogP contribution in [0.4, 0.5) is 56.2 Å². The first-order chi connectivity index (χ1) is 14.3. The molecule has 0 bridgehead atoms. The minimum absolute atomic E-state index is 0. The van der Waals surface area contributed by atoms with Gasteiger partial charge in [-0.05, 0) is 5.56 Å². The minimum atomic E-state index is -6.00. The maximum Gasteiger partial charge on any atom is 1.00 e. The molecule has 2 aromatic carbocycles. The van der Waals surface area contributed by atoms with Crippen molar-refractivity contribution >= 4 is 21.8 Å². The predicted molar refractivity (Wildman–Crippen MR) is 95.9 cm³/mol. The van der Waals surface area contributed by atoms with Crippen LogP contribution in [-0.2, 0) is 13.0 Å². The molecule has 2 rings (SSSR count). The Labute approximate surface area is 223 Å². The van der Waals surface area contributed by atoms with Crippen LogP contribution in [0.1, 0.15) is 18.1 Å². The number of benzene rings is 2. The molecule has 0 saturated heterocycles. The number of hydrogen-bond acceptors (Lipinski definition) is 1. The van der Waals surface area contributed by atoms with Crippen LogP contribution < -0.4 is 56.1 Å². The average Bonchev–Trinajstić information content (AvgIpc) is 2.58. The minimum Gasteiger partial charge on any atom is -0.511 e. The van der Waals surface area contributed by atoms with Crippen LogP contribution in [0, 0.1) is 11.9 Å². The van der Waals surface area contributed by atoms with Gasteiger partial charge < -0.3 is 56.5 Å². The molecule has 0 aromatic heterocycles. The van der Waals surface area contributed by atoms with Gasteiger partial charge >= 0.3 is 73.1 Å². The van der Waals surface area contributed by atoms with Gasteiger partial charge in [-0.3, -0.25) is 4.39 Å². The second-order valence-electron chi connectivity index (χ2n) is 5.28. The quantitative estimate of drug-likeness (QED) is 0.318. The van der Waals surface area contributed by atoms with Crippen molar-refractivity contribution in [1.82, 2.24) is 0 Å². The van der Waals surface area contributed by atoms with Gasteiger partial charge in [-0.15, -0.1) is 12.1 Å². The molecule has 0 saturated carbocycles. The summed E-state index contributed by atoms with van der Waals surface area (Å²) in [5.74, 6) is -0.0671. The Morgan fingerprint density at radius 1 is 0.758 bits per heavy atom. The first kappa shape index (κ1) is 36.7. The van der Waals surface area contributed by atoms with Crippen LogP contribution >= 0.6 is 0 Å². The molecule has 33 heavy (non-hydrogen) atoms. The van der Waals surface area contributed by atoms with E-state index in [1.165, 1.54) is 6.07 Å². The van der Waals surface area contributed by atoms with E-state index in [-0.39, 0.29) is 57.2 Å². The number of hydrogen-bond donors (Lipinski definition) is 0. The molecule has 184 valence electrons. The Bertz CT molecular complexity index is 709. The standard InChI is InChI=1S/C15H14FO.3BF4.K/c1-2-12-8-9-14(16)15(10-12)17-11-13-6-4-3-5-7-13;3*2-1(3,4)5;/h3-7,9-10H,2,11H2,1H3;;;;/q4*-1;+1. The second kappa shape index (κ2) is 17.6. The van der Waals surface area contributed by atoms with Crippen molar-refractivity contribution in [2.24, 2.45) is 0 Å². The van der Waals surface area contributed by atoms with Gasteiger partial charge in [0.1, 0.15) is 6.61 Å². The van der Waals surface area contributed by atoms with Gasteiger partial charge in [-0.2, -0.15) is 11.6 Å². The van der Waals surface area contributed by atoms with Gasteiger partial charge in [0.25, 0.3) is 0 Å². The van der Waals surface area contributed by atoms with Gasteiger partial charge in [-0.1, -0.05) is 43.7 Å². The number of rotatable bonds is 4. The van der Waals surface area contributed by atoms with Gasteiger partial charge in [0, 0.05) is 11.6 Å². The fraction of sp³-hybridized carbons (Fsp3) is 0.200. The molecule has 0 heterocycles. The van der Waals surface area contributed by atoms with E-state index in [1.807, 2.05) is 37.3 Å². The summed E-state index contributed by atoms with van der Waals surface area (Å²) in [4.78, 5) is 0. The van der Waals surface area contributed by atoms with Crippen LogP contribution in [0.25, 0.3) is 0 Å². The van der Waals surface area contributed by atoms with Crippen LogP contribution in [0.15, 0.2) is 42.5 Å². The van der Waals surface area contributed by atoms with Crippen LogP contribution in [0.5, 0.6) is 5.75 Å². The largest absolute Gasteiger partial charge is 1.00 e. The molecule has 0 spiro atoms. The fourth-order valence-corrected chi connectivity index (χ4v) is 1.55. The van der Waals surface area contributed by atoms with Crippen LogP contribution in [0.3, 0.4) is 0 Å². The zero-order valence-corrected chi connectivity index (χ0v) is 20.1. The van der Waals surface area contributed by atoms with Crippen molar-refractivity contribution < 1.29 is 112 Å². The fourth-order valence-electron chi connectivity index (χ4n) is 1.55. The third-order valence-electron chi connectivity index (χ3n) is 2.54. The molecule has 0 unspecified atom stereocenters. The van der Waals surface area contributed by atoms with Crippen LogP contribution in [0.2, 0.25) is 0 Å². The first-order valence-corrected chi connectivity index (χ1v) is 8.28. The van der Waals surface area contributed by atoms with Crippen molar-refractivity contribution in [3.63, 3.8) is 0 Å². The molecule has 0 aliphatic carbocycles. The van der Waals surface area contributed by atoms with E-state index >= 15 is 0 Å². The summed E-state index contributed by atoms with van der Waals surface area (Å²) in [6.07, 6.45) is 0.821. The van der Waals surface area contributed by atoms with E-state index in [0.29, 0.717) is 12.4 Å². The summed E-state index contributed by atoms with van der Waals surface area (Å²) in [6, 6.07) is 15.6. The van der Waals surface area contributed by atoms with E-state index in [1.54, 1.807) is 6.07 Å². The summed E-state index contributed by atoms with van der Waals surface area (Å²) in [5, 5.41) is 0. The molecule has 0 fully saturated rings. The van der Waals surface area contributed by atoms with E-state index in [0.717, 1.165) is 17.5 Å². The summed E-state index contributed by atoms with van der Waals surface area (Å²) in [6.45, 7) is 2.38. The Morgan fingerprint density at radius 2 is 1.15 bits per heavy atom. The summed E-state index contributed by atoms with van der Waals surface area (Å²) < 4.78 is 136. The average molecular weight is 529 g/mol. The summed E-state index contributed by atoms with van der Waals surface area (Å²) >= 11 is 0. The normalized spacial score (nSPS) is 10.7. The number of halogens is 13. The molecule has 0 N–H and O–H groups in total. The van der Waals surface area contributed by atoms with Gasteiger partial charge in [-0.25, -0.2) is 0 Å². The van der Waals surface area contributed by atoms with E-state index < -0.39 is 21.8 Å². The van der Waals surface area contributed by atoms with Crippen molar-refractivity contribution in [3.05, 3.63) is 65.5 Å². The Balaban J connectivity index is -0.000000466. The molecular weight excluding hydrogens is 515 g/mol. The van der Waals surface area contributed by atoms with Crippen molar-refractivity contribution in [3.8, 4) is 5.75 Å². The van der Waals surface area contributed by atoms with Gasteiger partial charge in [0.2, 0.25) is 0 Å². The molecule has 0 aliphatic rings. The van der Waals surface area contributed by atoms with E-state index in [4.69, 9.17) is 4.74 Å². The number of aryl methyl sites for hydroxylation is 1. The van der Waals surface area contributed by atoms with Crippen molar-refractivity contribution in [2.75, 3.05) is 0 Å². The predicted octanol–water partition coefficient (Wildman–Crippen LogP) is 4.67. The zero-order valence-electron chi connectivity index (χ0n) is 17.0. The second-order valence-corrected chi connectivity index (χ2v) is 5.28. The molecular formula is C15H14B3F13KO-3. The smallest absolute Gasteiger partial charge is 0.511 e. The maximum atomic E-state index is 13.5. The van der Waals surface area contributed by atoms with Gasteiger partial charge in [0.15, 0.2) is 0 Å². The maximum absolute atomic E-state index is 13.5. The number of ether oxygens (including phenoxy) is 1. The molecule has 18 heteroatoms. The molecule has 0 aliphatic heterocycles. The Hall–Kier alpha value is -0.839. The third-order valence-corrected chi connectivity index (χ3v) is 2.54. The van der Waals surface area contributed by atoms with Gasteiger partial charge in [0.05, 0.1) is 0 Å². The summed E-state index contributed by atoms with van der Waals surface area (Å²) in [5.41, 5.74) is 1.98. The van der Waals surface area contributed by atoms with Crippen molar-refractivity contribution in [2.45, 2.75) is 20.0 Å². The Morgan fingerprint density at radius 3 is 1.52 bits per heavy atom. The van der Waals surface area contributed by atoms with E-state index in [9.17, 15) is 56.2 Å². The van der Waals surface area contributed by atoms with Crippen LogP contribution in [-0.4, -0.2) is 21.8 Å². The topological polar surface area (TPSA) is 9.23 Å². The molecule has 0 atom stereocenters. The molecule has 0 radical (unpaired) electrons. The molecule has 0 amide bonds. The van der Waals surface area contributed by atoms with E-state index in [2.05, 4.69) is 6.07 Å². The Kier molecular flexibility index (Phi) is 19.6. The third kappa shape index (κ3) is 35.9. The molecule has 2 aromatic rings. The zero-order chi connectivity index (χ0) is 25.6. The monoisotopic (exact) mass is 529 g/mol. The summed E-state index contributed by atoms with van der Waals surface area (Å²) in [7, 11) is -18.0.